The summed E-state index contributed by atoms with van der Waals surface area (Å²) in [6.45, 7) is 3.18. The number of aryl methyl sites for hydroxylation is 1. The fourth-order valence-corrected chi connectivity index (χ4v) is 2.89. The van der Waals surface area contributed by atoms with Crippen LogP contribution in [0.3, 0.4) is 0 Å². The summed E-state index contributed by atoms with van der Waals surface area (Å²) in [6, 6.07) is 9.54. The van der Waals surface area contributed by atoms with E-state index in [1.165, 1.54) is 42.5 Å². The van der Waals surface area contributed by atoms with Crippen molar-refractivity contribution in [1.29, 1.82) is 0 Å². The molecule has 0 saturated carbocycles. The van der Waals surface area contributed by atoms with Gasteiger partial charge in [-0.1, -0.05) is 0 Å². The van der Waals surface area contributed by atoms with Gasteiger partial charge in [0.25, 0.3) is 11.6 Å². The average molecular weight is 411 g/mol. The van der Waals surface area contributed by atoms with Gasteiger partial charge in [0.1, 0.15) is 11.4 Å². The van der Waals surface area contributed by atoms with Crippen LogP contribution in [-0.4, -0.2) is 21.1 Å². The quantitative estimate of drug-likeness (QED) is 0.262. The smallest absolute Gasteiger partial charge is 0.375 e. The first-order valence-corrected chi connectivity index (χ1v) is 8.81. The third-order valence-corrected chi connectivity index (χ3v) is 4.48. The Morgan fingerprint density at radius 3 is 2.60 bits per heavy atom. The van der Waals surface area contributed by atoms with E-state index >= 15 is 0 Å². The SMILES string of the molecule is Cc1c(C(=O)O[C@H](C)c2nnc(-c3ccc([N+](=O)[O-])cc3)o2)oc2ccc(F)cc12. The number of carbonyl (C=O) groups is 1. The van der Waals surface area contributed by atoms with Gasteiger partial charge >= 0.3 is 5.97 Å². The number of nitrogens with zero attached hydrogens (tertiary/aromatic N) is 3. The first-order chi connectivity index (χ1) is 14.3. The lowest BCUT2D eigenvalue weighted by Gasteiger charge is -2.08. The van der Waals surface area contributed by atoms with Crippen LogP contribution in [0.15, 0.2) is 51.3 Å². The van der Waals surface area contributed by atoms with Gasteiger partial charge in [0.15, 0.2) is 6.10 Å². The fourth-order valence-electron chi connectivity index (χ4n) is 2.89. The minimum Gasteiger partial charge on any atom is -0.449 e. The van der Waals surface area contributed by atoms with E-state index in [1.807, 2.05) is 0 Å². The Morgan fingerprint density at radius 1 is 1.17 bits per heavy atom. The lowest BCUT2D eigenvalue weighted by atomic mass is 10.1. The van der Waals surface area contributed by atoms with Crippen LogP contribution in [-0.2, 0) is 4.74 Å². The van der Waals surface area contributed by atoms with E-state index in [-0.39, 0.29) is 23.2 Å². The summed E-state index contributed by atoms with van der Waals surface area (Å²) in [5.41, 5.74) is 1.24. The molecule has 2 aromatic carbocycles. The lowest BCUT2D eigenvalue weighted by Crippen LogP contribution is -2.09. The largest absolute Gasteiger partial charge is 0.449 e. The van der Waals surface area contributed by atoms with Crippen molar-refractivity contribution in [1.82, 2.24) is 10.2 Å². The van der Waals surface area contributed by atoms with Crippen LogP contribution in [0.25, 0.3) is 22.4 Å². The van der Waals surface area contributed by atoms with Gasteiger partial charge in [-0.2, -0.15) is 0 Å². The molecule has 4 rings (SSSR count). The van der Waals surface area contributed by atoms with Crippen LogP contribution in [0.5, 0.6) is 0 Å². The Kier molecular flexibility index (Phi) is 4.74. The molecule has 0 unspecified atom stereocenters. The van der Waals surface area contributed by atoms with Gasteiger partial charge in [-0.3, -0.25) is 10.1 Å². The predicted molar refractivity (Wildman–Crippen MR) is 101 cm³/mol. The van der Waals surface area contributed by atoms with Crippen molar-refractivity contribution in [2.45, 2.75) is 20.0 Å². The van der Waals surface area contributed by atoms with Crippen molar-refractivity contribution in [2.75, 3.05) is 0 Å². The lowest BCUT2D eigenvalue weighted by molar-refractivity contribution is -0.384. The number of fused-ring (bicyclic) bond motifs is 1. The molecular formula is C20H14FN3O6. The molecule has 0 radical (unpaired) electrons. The average Bonchev–Trinajstić information content (AvgIpc) is 3.34. The standard InChI is InChI=1S/C20H14FN3O6/c1-10-15-9-13(21)5-8-16(15)29-17(10)20(25)28-11(2)18-22-23-19(30-18)12-3-6-14(7-4-12)24(26)27/h3-9,11H,1-2H3/t11-/m1/s1. The number of benzene rings is 2. The second kappa shape index (κ2) is 7.39. The molecule has 0 bridgehead atoms. The number of rotatable bonds is 5. The Balaban J connectivity index is 1.52. The Labute approximate surface area is 168 Å². The highest BCUT2D eigenvalue weighted by Crippen LogP contribution is 2.29. The van der Waals surface area contributed by atoms with Gasteiger partial charge in [0.2, 0.25) is 11.7 Å². The van der Waals surface area contributed by atoms with E-state index in [0.29, 0.717) is 22.1 Å². The molecule has 2 heterocycles. The third kappa shape index (κ3) is 3.50. The summed E-state index contributed by atoms with van der Waals surface area (Å²) in [4.78, 5) is 22.7. The maximum absolute atomic E-state index is 13.4. The van der Waals surface area contributed by atoms with E-state index < -0.39 is 22.8 Å². The normalized spacial score (nSPS) is 12.1. The van der Waals surface area contributed by atoms with Gasteiger partial charge in [-0.25, -0.2) is 9.18 Å². The van der Waals surface area contributed by atoms with E-state index in [2.05, 4.69) is 10.2 Å². The zero-order chi connectivity index (χ0) is 21.4. The van der Waals surface area contributed by atoms with E-state index in [9.17, 15) is 19.3 Å². The molecule has 4 aromatic rings. The number of aromatic nitrogens is 2. The van der Waals surface area contributed by atoms with Gasteiger partial charge < -0.3 is 13.6 Å². The van der Waals surface area contributed by atoms with Crippen molar-refractivity contribution >= 4 is 22.6 Å². The Hall–Kier alpha value is -4.08. The maximum Gasteiger partial charge on any atom is 0.375 e. The predicted octanol–water partition coefficient (Wildman–Crippen LogP) is 4.76. The van der Waals surface area contributed by atoms with Gasteiger partial charge in [0, 0.05) is 28.6 Å². The summed E-state index contributed by atoms with van der Waals surface area (Å²) in [7, 11) is 0. The molecule has 0 saturated heterocycles. The van der Waals surface area contributed by atoms with Crippen LogP contribution in [0.4, 0.5) is 10.1 Å². The number of halogens is 1. The minimum absolute atomic E-state index is 0.0384. The Bertz CT molecular complexity index is 1260. The number of nitro groups is 1. The molecule has 10 heteroatoms. The zero-order valence-corrected chi connectivity index (χ0v) is 15.8. The van der Waals surface area contributed by atoms with Gasteiger partial charge in [-0.05, 0) is 44.2 Å². The molecule has 0 amide bonds. The van der Waals surface area contributed by atoms with E-state index in [1.54, 1.807) is 13.8 Å². The van der Waals surface area contributed by atoms with E-state index in [0.717, 1.165) is 0 Å². The molecule has 0 aliphatic carbocycles. The summed E-state index contributed by atoms with van der Waals surface area (Å²) < 4.78 is 29.8. The topological polar surface area (TPSA) is 122 Å². The highest BCUT2D eigenvalue weighted by molar-refractivity contribution is 5.95. The van der Waals surface area contributed by atoms with Crippen molar-refractivity contribution < 1.29 is 27.7 Å². The van der Waals surface area contributed by atoms with Crippen molar-refractivity contribution in [3.05, 3.63) is 75.6 Å². The van der Waals surface area contributed by atoms with Crippen molar-refractivity contribution in [3.63, 3.8) is 0 Å². The van der Waals surface area contributed by atoms with Crippen molar-refractivity contribution in [3.8, 4) is 11.5 Å². The maximum atomic E-state index is 13.4. The number of hydrogen-bond acceptors (Lipinski definition) is 8. The number of esters is 1. The summed E-state index contributed by atoms with van der Waals surface area (Å²) >= 11 is 0. The molecule has 0 N–H and O–H groups in total. The Morgan fingerprint density at radius 2 is 1.90 bits per heavy atom. The molecular weight excluding hydrogens is 397 g/mol. The monoisotopic (exact) mass is 411 g/mol. The van der Waals surface area contributed by atoms with Crippen LogP contribution in [0.2, 0.25) is 0 Å². The number of ether oxygens (including phenoxy) is 1. The van der Waals surface area contributed by atoms with Crippen LogP contribution >= 0.6 is 0 Å². The molecule has 0 aliphatic heterocycles. The number of non-ortho nitro benzene ring substituents is 1. The second-order valence-electron chi connectivity index (χ2n) is 6.49. The third-order valence-electron chi connectivity index (χ3n) is 4.48. The molecule has 0 spiro atoms. The first kappa shape index (κ1) is 19.2. The zero-order valence-electron chi connectivity index (χ0n) is 15.8. The van der Waals surface area contributed by atoms with E-state index in [4.69, 9.17) is 13.6 Å². The molecule has 9 nitrogen and oxygen atoms in total. The molecule has 1 atom stereocenters. The minimum atomic E-state index is -0.888. The van der Waals surface area contributed by atoms with Gasteiger partial charge in [0.05, 0.1) is 4.92 Å². The number of hydrogen-bond donors (Lipinski definition) is 0. The highest BCUT2D eigenvalue weighted by atomic mass is 19.1. The molecule has 2 aromatic heterocycles. The van der Waals surface area contributed by atoms with Crippen LogP contribution < -0.4 is 0 Å². The number of carbonyl (C=O) groups excluding carboxylic acids is 1. The first-order valence-electron chi connectivity index (χ1n) is 8.81. The second-order valence-corrected chi connectivity index (χ2v) is 6.49. The molecule has 0 fully saturated rings. The van der Waals surface area contributed by atoms with Crippen LogP contribution in [0.1, 0.15) is 35.0 Å². The number of nitro benzene ring substituents is 1. The van der Waals surface area contributed by atoms with Gasteiger partial charge in [-0.15, -0.1) is 10.2 Å². The molecule has 0 aliphatic rings. The summed E-state index contributed by atoms with van der Waals surface area (Å²) in [5.74, 6) is -1.08. The van der Waals surface area contributed by atoms with Crippen molar-refractivity contribution in [2.24, 2.45) is 0 Å². The number of furan rings is 1. The molecule has 152 valence electrons. The summed E-state index contributed by atoms with van der Waals surface area (Å²) in [5, 5.41) is 19.0. The molecule has 30 heavy (non-hydrogen) atoms. The summed E-state index contributed by atoms with van der Waals surface area (Å²) in [6.07, 6.45) is -0.888. The highest BCUT2D eigenvalue weighted by Gasteiger charge is 2.25. The fraction of sp³-hybridized carbons (Fsp3) is 0.150. The van der Waals surface area contributed by atoms with Crippen LogP contribution in [0, 0.1) is 22.9 Å².